The summed E-state index contributed by atoms with van der Waals surface area (Å²) in [5.74, 6) is -0.613. The molecule has 0 aromatic carbocycles. The largest absolute Gasteiger partial charge is 0.480 e. The average molecular weight is 230 g/mol. The molecule has 0 aliphatic rings. The predicted octanol–water partition coefficient (Wildman–Crippen LogP) is 1.54. The van der Waals surface area contributed by atoms with Crippen molar-refractivity contribution in [2.45, 2.75) is 39.7 Å². The van der Waals surface area contributed by atoms with Crippen molar-refractivity contribution in [2.75, 3.05) is 13.6 Å². The SMILES string of the molecule is CCC[C@H](NC(=O)N(C)CC(C)C)C(=O)O. The summed E-state index contributed by atoms with van der Waals surface area (Å²) in [5.41, 5.74) is 0. The van der Waals surface area contributed by atoms with Crippen LogP contribution in [0.4, 0.5) is 4.79 Å². The normalized spacial score (nSPS) is 12.3. The Morgan fingerprint density at radius 1 is 1.38 bits per heavy atom. The Hall–Kier alpha value is -1.26. The highest BCUT2D eigenvalue weighted by molar-refractivity contribution is 5.82. The van der Waals surface area contributed by atoms with Crippen LogP contribution in [0.2, 0.25) is 0 Å². The number of carboxylic acid groups (broad SMARTS) is 1. The second-order valence-corrected chi connectivity index (χ2v) is 4.40. The molecule has 94 valence electrons. The van der Waals surface area contributed by atoms with Crippen molar-refractivity contribution in [3.8, 4) is 0 Å². The standard InChI is InChI=1S/C11H22N2O3/c1-5-6-9(10(14)15)12-11(16)13(4)7-8(2)3/h8-9H,5-7H2,1-4H3,(H,12,16)(H,14,15)/t9-/m0/s1. The number of urea groups is 1. The van der Waals surface area contributed by atoms with E-state index in [0.29, 0.717) is 18.9 Å². The Labute approximate surface area is 96.8 Å². The first kappa shape index (κ1) is 14.7. The van der Waals surface area contributed by atoms with Gasteiger partial charge in [-0.25, -0.2) is 9.59 Å². The Kier molecular flexibility index (Phi) is 6.53. The number of aliphatic carboxylic acids is 1. The molecule has 0 spiro atoms. The van der Waals surface area contributed by atoms with E-state index >= 15 is 0 Å². The molecule has 16 heavy (non-hydrogen) atoms. The Balaban J connectivity index is 4.23. The molecule has 0 rings (SSSR count). The number of nitrogens with one attached hydrogen (secondary N) is 1. The number of hydrogen-bond donors (Lipinski definition) is 2. The third-order valence-corrected chi connectivity index (χ3v) is 2.16. The van der Waals surface area contributed by atoms with Crippen molar-refractivity contribution >= 4 is 12.0 Å². The summed E-state index contributed by atoms with van der Waals surface area (Å²) in [6.45, 7) is 6.51. The van der Waals surface area contributed by atoms with Gasteiger partial charge in [0.15, 0.2) is 0 Å². The van der Waals surface area contributed by atoms with E-state index in [0.717, 1.165) is 6.42 Å². The minimum atomic E-state index is -0.979. The molecule has 0 aromatic rings. The molecule has 0 radical (unpaired) electrons. The van der Waals surface area contributed by atoms with E-state index in [-0.39, 0.29) is 6.03 Å². The van der Waals surface area contributed by atoms with Gasteiger partial charge in [0.1, 0.15) is 6.04 Å². The van der Waals surface area contributed by atoms with Gasteiger partial charge in [0.05, 0.1) is 0 Å². The van der Waals surface area contributed by atoms with Crippen LogP contribution in [0, 0.1) is 5.92 Å². The number of carbonyl (C=O) groups excluding carboxylic acids is 1. The van der Waals surface area contributed by atoms with Crippen molar-refractivity contribution in [2.24, 2.45) is 5.92 Å². The van der Waals surface area contributed by atoms with Crippen LogP contribution < -0.4 is 5.32 Å². The van der Waals surface area contributed by atoms with E-state index in [1.165, 1.54) is 4.90 Å². The number of carbonyl (C=O) groups is 2. The lowest BCUT2D eigenvalue weighted by molar-refractivity contribution is -0.139. The highest BCUT2D eigenvalue weighted by atomic mass is 16.4. The maximum atomic E-state index is 11.6. The van der Waals surface area contributed by atoms with Gasteiger partial charge in [-0.15, -0.1) is 0 Å². The van der Waals surface area contributed by atoms with Gasteiger partial charge in [-0.2, -0.15) is 0 Å². The van der Waals surface area contributed by atoms with E-state index in [4.69, 9.17) is 5.11 Å². The molecule has 0 aliphatic heterocycles. The maximum absolute atomic E-state index is 11.6. The second kappa shape index (κ2) is 7.09. The van der Waals surface area contributed by atoms with Crippen molar-refractivity contribution in [1.82, 2.24) is 10.2 Å². The smallest absolute Gasteiger partial charge is 0.326 e. The maximum Gasteiger partial charge on any atom is 0.326 e. The van der Waals surface area contributed by atoms with Gasteiger partial charge in [0.2, 0.25) is 0 Å². The van der Waals surface area contributed by atoms with Gasteiger partial charge in [-0.05, 0) is 12.3 Å². The van der Waals surface area contributed by atoms with Gasteiger partial charge in [0, 0.05) is 13.6 Å². The minimum Gasteiger partial charge on any atom is -0.480 e. The fourth-order valence-corrected chi connectivity index (χ4v) is 1.44. The first-order valence-electron chi connectivity index (χ1n) is 5.62. The molecule has 5 nitrogen and oxygen atoms in total. The number of carboxylic acids is 1. The van der Waals surface area contributed by atoms with Crippen LogP contribution in [0.25, 0.3) is 0 Å². The van der Waals surface area contributed by atoms with E-state index < -0.39 is 12.0 Å². The first-order valence-corrected chi connectivity index (χ1v) is 5.62. The number of nitrogens with zero attached hydrogens (tertiary/aromatic N) is 1. The molecule has 0 aromatic heterocycles. The molecule has 0 saturated carbocycles. The third kappa shape index (κ3) is 5.58. The average Bonchev–Trinajstić information content (AvgIpc) is 2.15. The molecule has 0 unspecified atom stereocenters. The highest BCUT2D eigenvalue weighted by Gasteiger charge is 2.20. The molecule has 5 heteroatoms. The molecule has 1 atom stereocenters. The van der Waals surface area contributed by atoms with Crippen LogP contribution in [0.15, 0.2) is 0 Å². The third-order valence-electron chi connectivity index (χ3n) is 2.16. The lowest BCUT2D eigenvalue weighted by atomic mass is 10.2. The van der Waals surface area contributed by atoms with Crippen molar-refractivity contribution in [3.63, 3.8) is 0 Å². The van der Waals surface area contributed by atoms with Gasteiger partial charge < -0.3 is 15.3 Å². The lowest BCUT2D eigenvalue weighted by Gasteiger charge is -2.22. The molecule has 0 heterocycles. The van der Waals surface area contributed by atoms with Crippen LogP contribution in [0.1, 0.15) is 33.6 Å². The zero-order chi connectivity index (χ0) is 12.7. The Morgan fingerprint density at radius 3 is 2.31 bits per heavy atom. The summed E-state index contributed by atoms with van der Waals surface area (Å²) < 4.78 is 0. The Bertz CT molecular complexity index is 241. The van der Waals surface area contributed by atoms with E-state index in [2.05, 4.69) is 5.32 Å². The monoisotopic (exact) mass is 230 g/mol. The van der Waals surface area contributed by atoms with Crippen LogP contribution in [-0.4, -0.2) is 41.6 Å². The van der Waals surface area contributed by atoms with Crippen LogP contribution in [0.5, 0.6) is 0 Å². The number of hydrogen-bond acceptors (Lipinski definition) is 2. The van der Waals surface area contributed by atoms with Crippen molar-refractivity contribution in [1.29, 1.82) is 0 Å². The van der Waals surface area contributed by atoms with E-state index in [1.54, 1.807) is 7.05 Å². The summed E-state index contributed by atoms with van der Waals surface area (Å²) >= 11 is 0. The summed E-state index contributed by atoms with van der Waals surface area (Å²) in [6, 6.07) is -1.11. The van der Waals surface area contributed by atoms with Gasteiger partial charge in [-0.3, -0.25) is 0 Å². The van der Waals surface area contributed by atoms with Crippen molar-refractivity contribution < 1.29 is 14.7 Å². The Morgan fingerprint density at radius 2 is 1.94 bits per heavy atom. The van der Waals surface area contributed by atoms with Crippen LogP contribution >= 0.6 is 0 Å². The topological polar surface area (TPSA) is 69.6 Å². The van der Waals surface area contributed by atoms with Gasteiger partial charge >= 0.3 is 12.0 Å². The molecule has 0 bridgehead atoms. The fourth-order valence-electron chi connectivity index (χ4n) is 1.44. The zero-order valence-electron chi connectivity index (χ0n) is 10.5. The van der Waals surface area contributed by atoms with E-state index in [1.807, 2.05) is 20.8 Å². The van der Waals surface area contributed by atoms with Crippen LogP contribution in [-0.2, 0) is 4.79 Å². The molecule has 2 N–H and O–H groups in total. The summed E-state index contributed by atoms with van der Waals surface area (Å²) in [4.78, 5) is 24.0. The highest BCUT2D eigenvalue weighted by Crippen LogP contribution is 2.00. The summed E-state index contributed by atoms with van der Waals surface area (Å²) in [5, 5.41) is 11.4. The molecule has 0 fully saturated rings. The predicted molar refractivity (Wildman–Crippen MR) is 62.3 cm³/mol. The number of rotatable bonds is 6. The zero-order valence-corrected chi connectivity index (χ0v) is 10.5. The molecule has 0 saturated heterocycles. The molecule has 2 amide bonds. The molecule has 0 aliphatic carbocycles. The lowest BCUT2D eigenvalue weighted by Crippen LogP contribution is -2.47. The quantitative estimate of drug-likeness (QED) is 0.727. The van der Waals surface area contributed by atoms with Crippen molar-refractivity contribution in [3.05, 3.63) is 0 Å². The number of amides is 2. The summed E-state index contributed by atoms with van der Waals surface area (Å²) in [6.07, 6.45) is 1.18. The minimum absolute atomic E-state index is 0.324. The van der Waals surface area contributed by atoms with Gasteiger partial charge in [-0.1, -0.05) is 27.2 Å². The summed E-state index contributed by atoms with van der Waals surface area (Å²) in [7, 11) is 1.67. The van der Waals surface area contributed by atoms with E-state index in [9.17, 15) is 9.59 Å². The molecular formula is C11H22N2O3. The van der Waals surface area contributed by atoms with Gasteiger partial charge in [0.25, 0.3) is 0 Å². The fraction of sp³-hybridized carbons (Fsp3) is 0.818. The van der Waals surface area contributed by atoms with Crippen LogP contribution in [0.3, 0.4) is 0 Å². The first-order chi connectivity index (χ1) is 7.38. The molecular weight excluding hydrogens is 208 g/mol. The second-order valence-electron chi connectivity index (χ2n) is 4.40.